The van der Waals surface area contributed by atoms with Crippen molar-refractivity contribution in [3.8, 4) is 11.4 Å². The Labute approximate surface area is 76.4 Å². The molecule has 2 aliphatic rings. The predicted molar refractivity (Wildman–Crippen MR) is 48.0 cm³/mol. The standard InChI is InChI=1S/C8H8N2O.ClH/c1-6-3-5-10(11)8-7(6)2-4-9-8;/h2-5,11H,1H3;1H. The molecule has 0 saturated carbocycles. The second kappa shape index (κ2) is 3.03. The van der Waals surface area contributed by atoms with Crippen molar-refractivity contribution in [1.82, 2.24) is 9.71 Å². The summed E-state index contributed by atoms with van der Waals surface area (Å²) in [6, 6.07) is 3.74. The summed E-state index contributed by atoms with van der Waals surface area (Å²) in [5.41, 5.74) is 2.12. The maximum atomic E-state index is 9.24. The van der Waals surface area contributed by atoms with E-state index in [1.807, 2.05) is 19.1 Å². The lowest BCUT2D eigenvalue weighted by Crippen LogP contribution is -1.98. The van der Waals surface area contributed by atoms with Gasteiger partial charge in [-0.05, 0) is 24.6 Å². The molecule has 0 bridgehead atoms. The number of hydrogen-bond donors (Lipinski definition) is 1. The van der Waals surface area contributed by atoms with E-state index in [2.05, 4.69) is 4.98 Å². The number of pyridine rings is 1. The van der Waals surface area contributed by atoms with E-state index in [1.54, 1.807) is 12.4 Å². The second-order valence-electron chi connectivity index (χ2n) is 2.53. The molecule has 0 atom stereocenters. The van der Waals surface area contributed by atoms with Crippen molar-refractivity contribution in [2.45, 2.75) is 6.92 Å². The first-order chi connectivity index (χ1) is 5.29. The van der Waals surface area contributed by atoms with Crippen LogP contribution in [0.15, 0.2) is 24.5 Å². The second-order valence-corrected chi connectivity index (χ2v) is 2.53. The molecular formula is C8H9ClN2O. The van der Waals surface area contributed by atoms with E-state index in [1.165, 1.54) is 0 Å². The molecule has 0 fully saturated rings. The van der Waals surface area contributed by atoms with Crippen LogP contribution in [0.5, 0.6) is 0 Å². The smallest absolute Gasteiger partial charge is 0.175 e. The van der Waals surface area contributed by atoms with Crippen molar-refractivity contribution in [3.05, 3.63) is 30.1 Å². The monoisotopic (exact) mass is 184 g/mol. The van der Waals surface area contributed by atoms with Crippen LogP contribution in [-0.2, 0) is 0 Å². The lowest BCUT2D eigenvalue weighted by atomic mass is 10.1. The Hall–Kier alpha value is -1.22. The van der Waals surface area contributed by atoms with Gasteiger partial charge in [-0.25, -0.2) is 4.98 Å². The Morgan fingerprint density at radius 3 is 2.83 bits per heavy atom. The molecule has 0 radical (unpaired) electrons. The molecular weight excluding hydrogens is 176 g/mol. The molecule has 2 aliphatic heterocycles. The van der Waals surface area contributed by atoms with Crippen molar-refractivity contribution >= 4 is 12.4 Å². The molecule has 0 aliphatic carbocycles. The topological polar surface area (TPSA) is 38.0 Å². The molecule has 0 aromatic rings. The maximum absolute atomic E-state index is 9.24. The van der Waals surface area contributed by atoms with Gasteiger partial charge in [-0.15, -0.1) is 12.4 Å². The summed E-state index contributed by atoms with van der Waals surface area (Å²) >= 11 is 0. The van der Waals surface area contributed by atoms with Gasteiger partial charge in [-0.2, -0.15) is 4.73 Å². The summed E-state index contributed by atoms with van der Waals surface area (Å²) in [5.74, 6) is 0.616. The highest BCUT2D eigenvalue weighted by atomic mass is 35.5. The third-order valence-electron chi connectivity index (χ3n) is 1.79. The van der Waals surface area contributed by atoms with Crippen LogP contribution in [0.4, 0.5) is 0 Å². The number of aromatic nitrogens is 2. The Kier molecular flexibility index (Phi) is 2.24. The minimum Gasteiger partial charge on any atom is -0.427 e. The molecule has 0 amide bonds. The van der Waals surface area contributed by atoms with Crippen molar-refractivity contribution in [3.63, 3.8) is 0 Å². The zero-order valence-electron chi connectivity index (χ0n) is 6.56. The molecule has 0 aromatic carbocycles. The molecule has 0 aromatic heterocycles. The first-order valence-corrected chi connectivity index (χ1v) is 3.41. The average molecular weight is 185 g/mol. The van der Waals surface area contributed by atoms with E-state index in [-0.39, 0.29) is 12.4 Å². The lowest BCUT2D eigenvalue weighted by molar-refractivity contribution is 0.186. The van der Waals surface area contributed by atoms with Gasteiger partial charge in [-0.1, -0.05) is 0 Å². The van der Waals surface area contributed by atoms with E-state index in [0.717, 1.165) is 15.9 Å². The number of halogens is 1. The minimum atomic E-state index is 0. The van der Waals surface area contributed by atoms with E-state index in [4.69, 9.17) is 0 Å². The number of hydrogen-bond acceptors (Lipinski definition) is 2. The number of aryl methyl sites for hydroxylation is 1. The van der Waals surface area contributed by atoms with Crippen LogP contribution in [0.25, 0.3) is 11.4 Å². The first-order valence-electron chi connectivity index (χ1n) is 3.41. The highest BCUT2D eigenvalue weighted by Crippen LogP contribution is 2.22. The zero-order valence-corrected chi connectivity index (χ0v) is 7.38. The summed E-state index contributed by atoms with van der Waals surface area (Å²) < 4.78 is 1.03. The van der Waals surface area contributed by atoms with E-state index in [9.17, 15) is 5.21 Å². The molecule has 12 heavy (non-hydrogen) atoms. The van der Waals surface area contributed by atoms with E-state index in [0.29, 0.717) is 5.82 Å². The van der Waals surface area contributed by atoms with Gasteiger partial charge in [0.15, 0.2) is 5.82 Å². The van der Waals surface area contributed by atoms with Gasteiger partial charge in [0.1, 0.15) is 0 Å². The predicted octanol–water partition coefficient (Wildman–Crippen LogP) is 1.96. The molecule has 0 spiro atoms. The van der Waals surface area contributed by atoms with Gasteiger partial charge in [0.05, 0.1) is 0 Å². The zero-order chi connectivity index (χ0) is 7.84. The van der Waals surface area contributed by atoms with Crippen LogP contribution in [-0.4, -0.2) is 14.9 Å². The Morgan fingerprint density at radius 1 is 1.42 bits per heavy atom. The van der Waals surface area contributed by atoms with E-state index < -0.39 is 0 Å². The van der Waals surface area contributed by atoms with E-state index >= 15 is 0 Å². The molecule has 0 unspecified atom stereocenters. The van der Waals surface area contributed by atoms with Crippen LogP contribution in [0.3, 0.4) is 0 Å². The minimum absolute atomic E-state index is 0. The maximum Gasteiger partial charge on any atom is 0.175 e. The Balaban J connectivity index is 0.000000720. The van der Waals surface area contributed by atoms with Gasteiger partial charge in [0.2, 0.25) is 0 Å². The SMILES string of the molecule is Cc1ccn(O)c2nccc1-2.Cl. The van der Waals surface area contributed by atoms with Crippen molar-refractivity contribution in [1.29, 1.82) is 0 Å². The number of rotatable bonds is 0. The van der Waals surface area contributed by atoms with Crippen LogP contribution in [0.1, 0.15) is 5.56 Å². The highest BCUT2D eigenvalue weighted by molar-refractivity contribution is 5.85. The average Bonchev–Trinajstić information content (AvgIpc) is 2.45. The van der Waals surface area contributed by atoms with Gasteiger partial charge in [0, 0.05) is 18.0 Å². The normalized spacial score (nSPS) is 9.75. The highest BCUT2D eigenvalue weighted by Gasteiger charge is 2.08. The quantitative estimate of drug-likeness (QED) is 0.636. The fourth-order valence-electron chi connectivity index (χ4n) is 1.16. The molecule has 2 rings (SSSR count). The summed E-state index contributed by atoms with van der Waals surface area (Å²) in [6.07, 6.45) is 3.27. The van der Waals surface area contributed by atoms with Crippen LogP contribution >= 0.6 is 12.4 Å². The summed E-state index contributed by atoms with van der Waals surface area (Å²) in [7, 11) is 0. The van der Waals surface area contributed by atoms with Gasteiger partial charge in [-0.3, -0.25) is 0 Å². The fraction of sp³-hybridized carbons (Fsp3) is 0.125. The van der Waals surface area contributed by atoms with Crippen molar-refractivity contribution in [2.24, 2.45) is 0 Å². The number of fused-ring (bicyclic) bond motifs is 1. The molecule has 1 N–H and O–H groups in total. The van der Waals surface area contributed by atoms with Gasteiger partial charge < -0.3 is 5.21 Å². The molecule has 3 nitrogen and oxygen atoms in total. The van der Waals surface area contributed by atoms with Gasteiger partial charge in [0.25, 0.3) is 0 Å². The Morgan fingerprint density at radius 2 is 2.17 bits per heavy atom. The van der Waals surface area contributed by atoms with Crippen LogP contribution in [0.2, 0.25) is 0 Å². The number of nitrogens with zero attached hydrogens (tertiary/aromatic N) is 2. The third kappa shape index (κ3) is 1.12. The first kappa shape index (κ1) is 8.87. The Bertz CT molecular complexity index is 325. The molecule has 4 heteroatoms. The van der Waals surface area contributed by atoms with Crippen LogP contribution in [0, 0.1) is 6.92 Å². The summed E-state index contributed by atoms with van der Waals surface area (Å²) in [5, 5.41) is 9.24. The summed E-state index contributed by atoms with van der Waals surface area (Å²) in [6.45, 7) is 1.99. The van der Waals surface area contributed by atoms with Crippen molar-refractivity contribution in [2.75, 3.05) is 0 Å². The molecule has 2 heterocycles. The summed E-state index contributed by atoms with van der Waals surface area (Å²) in [4.78, 5) is 3.99. The fourth-order valence-corrected chi connectivity index (χ4v) is 1.16. The van der Waals surface area contributed by atoms with Crippen molar-refractivity contribution < 1.29 is 5.21 Å². The molecule has 0 saturated heterocycles. The molecule has 64 valence electrons. The largest absolute Gasteiger partial charge is 0.427 e. The third-order valence-corrected chi connectivity index (χ3v) is 1.79. The van der Waals surface area contributed by atoms with Crippen LogP contribution < -0.4 is 0 Å². The van der Waals surface area contributed by atoms with Gasteiger partial charge >= 0.3 is 0 Å². The lowest BCUT2D eigenvalue weighted by Gasteiger charge is -2.05.